The van der Waals surface area contributed by atoms with Gasteiger partial charge >= 0.3 is 0 Å². The van der Waals surface area contributed by atoms with Crippen LogP contribution in [0.4, 0.5) is 0 Å². The van der Waals surface area contributed by atoms with Crippen molar-refractivity contribution >= 4 is 22.8 Å². The predicted molar refractivity (Wildman–Crippen MR) is 79.8 cm³/mol. The molecule has 2 heterocycles. The maximum atomic E-state index is 12.2. The number of benzene rings is 1. The number of carbonyl (C=O) groups excluding carboxylic acids is 1. The monoisotopic (exact) mass is 265 g/mol. The molecule has 1 N–H and O–H groups in total. The first kappa shape index (κ1) is 12.5. The molecule has 20 heavy (non-hydrogen) atoms. The SMILES string of the molecule is Cc1cc(C(=O)/C=C/c2c[nH]c3ccccc23)c(C)o1. The van der Waals surface area contributed by atoms with Crippen LogP contribution in [0.1, 0.15) is 27.4 Å². The molecule has 0 saturated carbocycles. The number of H-pyrrole nitrogens is 1. The standard InChI is InChI=1S/C17H15NO2/c1-11-9-15(12(2)20-11)17(19)8-7-13-10-18-16-6-4-3-5-14(13)16/h3-10,18H,1-2H3/b8-7+. The fourth-order valence-corrected chi connectivity index (χ4v) is 2.36. The van der Waals surface area contributed by atoms with Gasteiger partial charge in [-0.1, -0.05) is 18.2 Å². The Morgan fingerprint density at radius 1 is 1.25 bits per heavy atom. The van der Waals surface area contributed by atoms with E-state index in [9.17, 15) is 4.79 Å². The van der Waals surface area contributed by atoms with E-state index < -0.39 is 0 Å². The van der Waals surface area contributed by atoms with E-state index in [-0.39, 0.29) is 5.78 Å². The molecule has 3 nitrogen and oxygen atoms in total. The average Bonchev–Trinajstić information content (AvgIpc) is 2.99. The van der Waals surface area contributed by atoms with E-state index in [4.69, 9.17) is 4.42 Å². The largest absolute Gasteiger partial charge is 0.466 e. The molecule has 1 aromatic carbocycles. The van der Waals surface area contributed by atoms with Crippen molar-refractivity contribution < 1.29 is 9.21 Å². The fraction of sp³-hybridized carbons (Fsp3) is 0.118. The summed E-state index contributed by atoms with van der Waals surface area (Å²) in [7, 11) is 0. The number of fused-ring (bicyclic) bond motifs is 1. The molecule has 0 fully saturated rings. The van der Waals surface area contributed by atoms with Crippen LogP contribution in [0.2, 0.25) is 0 Å². The minimum absolute atomic E-state index is 0.0374. The van der Waals surface area contributed by atoms with Crippen molar-refractivity contribution in [1.82, 2.24) is 4.98 Å². The average molecular weight is 265 g/mol. The van der Waals surface area contributed by atoms with Crippen LogP contribution in [-0.2, 0) is 0 Å². The molecule has 100 valence electrons. The summed E-state index contributed by atoms with van der Waals surface area (Å²) in [6.07, 6.45) is 5.33. The molecule has 3 heteroatoms. The molecule has 0 bridgehead atoms. The van der Waals surface area contributed by atoms with E-state index in [1.165, 1.54) is 0 Å². The molecular weight excluding hydrogens is 250 g/mol. The predicted octanol–water partition coefficient (Wildman–Crippen LogP) is 4.27. The number of rotatable bonds is 3. The van der Waals surface area contributed by atoms with E-state index in [0.29, 0.717) is 11.3 Å². The van der Waals surface area contributed by atoms with Gasteiger partial charge in [-0.3, -0.25) is 4.79 Å². The number of ketones is 1. The van der Waals surface area contributed by atoms with Crippen molar-refractivity contribution in [3.63, 3.8) is 0 Å². The molecule has 0 spiro atoms. The summed E-state index contributed by atoms with van der Waals surface area (Å²) in [5.41, 5.74) is 2.69. The molecule has 0 saturated heterocycles. The highest BCUT2D eigenvalue weighted by Gasteiger charge is 2.10. The number of hydrogen-bond donors (Lipinski definition) is 1. The highest BCUT2D eigenvalue weighted by atomic mass is 16.3. The van der Waals surface area contributed by atoms with Crippen molar-refractivity contribution in [3.05, 3.63) is 65.3 Å². The van der Waals surface area contributed by atoms with Gasteiger partial charge in [0.1, 0.15) is 11.5 Å². The number of hydrogen-bond acceptors (Lipinski definition) is 2. The van der Waals surface area contributed by atoms with Crippen molar-refractivity contribution in [1.29, 1.82) is 0 Å². The Morgan fingerprint density at radius 2 is 2.05 bits per heavy atom. The zero-order valence-corrected chi connectivity index (χ0v) is 11.4. The second-order valence-corrected chi connectivity index (χ2v) is 4.81. The molecule has 2 aromatic heterocycles. The fourth-order valence-electron chi connectivity index (χ4n) is 2.36. The number of aromatic nitrogens is 1. The van der Waals surface area contributed by atoms with Crippen LogP contribution in [0.25, 0.3) is 17.0 Å². The van der Waals surface area contributed by atoms with E-state index in [1.54, 1.807) is 19.1 Å². The number of furan rings is 1. The summed E-state index contributed by atoms with van der Waals surface area (Å²) in [5, 5.41) is 1.11. The number of aromatic amines is 1. The van der Waals surface area contributed by atoms with Crippen molar-refractivity contribution in [3.8, 4) is 0 Å². The highest BCUT2D eigenvalue weighted by Crippen LogP contribution is 2.20. The number of nitrogens with one attached hydrogen (secondary N) is 1. The van der Waals surface area contributed by atoms with Gasteiger partial charge in [0.15, 0.2) is 5.78 Å². The van der Waals surface area contributed by atoms with Crippen LogP contribution in [-0.4, -0.2) is 10.8 Å². The molecular formula is C17H15NO2. The van der Waals surface area contributed by atoms with Crippen LogP contribution < -0.4 is 0 Å². The Kier molecular flexibility index (Phi) is 3.03. The molecule has 0 unspecified atom stereocenters. The Balaban J connectivity index is 1.91. The second kappa shape index (κ2) is 4.85. The van der Waals surface area contributed by atoms with Gasteiger partial charge in [0.25, 0.3) is 0 Å². The summed E-state index contributed by atoms with van der Waals surface area (Å²) < 4.78 is 5.38. The lowest BCUT2D eigenvalue weighted by molar-refractivity contribution is 0.104. The number of allylic oxidation sites excluding steroid dienone is 1. The van der Waals surface area contributed by atoms with Gasteiger partial charge in [0.2, 0.25) is 0 Å². The first-order chi connectivity index (χ1) is 9.65. The van der Waals surface area contributed by atoms with Gasteiger partial charge in [0, 0.05) is 17.1 Å². The minimum atomic E-state index is -0.0374. The Hall–Kier alpha value is -2.55. The number of para-hydroxylation sites is 1. The molecule has 0 radical (unpaired) electrons. The van der Waals surface area contributed by atoms with Gasteiger partial charge in [-0.2, -0.15) is 0 Å². The zero-order chi connectivity index (χ0) is 14.1. The summed E-state index contributed by atoms with van der Waals surface area (Å²) in [6, 6.07) is 9.78. The van der Waals surface area contributed by atoms with Crippen LogP contribution in [0, 0.1) is 13.8 Å². The Bertz CT molecular complexity index is 805. The van der Waals surface area contributed by atoms with Crippen molar-refractivity contribution in [2.75, 3.05) is 0 Å². The lowest BCUT2D eigenvalue weighted by Crippen LogP contribution is -1.93. The van der Waals surface area contributed by atoms with E-state index >= 15 is 0 Å². The molecule has 0 aliphatic rings. The van der Waals surface area contributed by atoms with Crippen LogP contribution in [0.3, 0.4) is 0 Å². The molecule has 3 rings (SSSR count). The zero-order valence-electron chi connectivity index (χ0n) is 11.4. The molecule has 3 aromatic rings. The van der Waals surface area contributed by atoms with Gasteiger partial charge in [-0.15, -0.1) is 0 Å². The summed E-state index contributed by atoms with van der Waals surface area (Å²) in [6.45, 7) is 3.65. The van der Waals surface area contributed by atoms with Crippen LogP contribution in [0.5, 0.6) is 0 Å². The lowest BCUT2D eigenvalue weighted by atomic mass is 10.1. The first-order valence-corrected chi connectivity index (χ1v) is 6.51. The second-order valence-electron chi connectivity index (χ2n) is 4.81. The maximum Gasteiger partial charge on any atom is 0.189 e. The third-order valence-corrected chi connectivity index (χ3v) is 3.34. The maximum absolute atomic E-state index is 12.2. The van der Waals surface area contributed by atoms with Crippen LogP contribution >= 0.6 is 0 Å². The summed E-state index contributed by atoms with van der Waals surface area (Å²) >= 11 is 0. The summed E-state index contributed by atoms with van der Waals surface area (Å²) in [4.78, 5) is 15.3. The van der Waals surface area contributed by atoms with Crippen molar-refractivity contribution in [2.24, 2.45) is 0 Å². The molecule has 0 atom stereocenters. The van der Waals surface area contributed by atoms with Gasteiger partial charge in [0.05, 0.1) is 5.56 Å². The Morgan fingerprint density at radius 3 is 2.80 bits per heavy atom. The minimum Gasteiger partial charge on any atom is -0.466 e. The quantitative estimate of drug-likeness (QED) is 0.567. The first-order valence-electron chi connectivity index (χ1n) is 6.51. The van der Waals surface area contributed by atoms with E-state index in [1.807, 2.05) is 43.5 Å². The molecule has 0 aliphatic heterocycles. The van der Waals surface area contributed by atoms with Gasteiger partial charge < -0.3 is 9.40 Å². The third-order valence-electron chi connectivity index (χ3n) is 3.34. The smallest absolute Gasteiger partial charge is 0.189 e. The van der Waals surface area contributed by atoms with Crippen molar-refractivity contribution in [2.45, 2.75) is 13.8 Å². The van der Waals surface area contributed by atoms with Gasteiger partial charge in [-0.05, 0) is 43.7 Å². The number of carbonyl (C=O) groups is 1. The van der Waals surface area contributed by atoms with Crippen LogP contribution in [0.15, 0.2) is 47.0 Å². The topological polar surface area (TPSA) is 46.0 Å². The lowest BCUT2D eigenvalue weighted by Gasteiger charge is -1.92. The normalized spacial score (nSPS) is 11.5. The Labute approximate surface area is 116 Å². The molecule has 0 amide bonds. The van der Waals surface area contributed by atoms with E-state index in [0.717, 1.165) is 22.2 Å². The summed E-state index contributed by atoms with van der Waals surface area (Å²) in [5.74, 6) is 1.38. The van der Waals surface area contributed by atoms with E-state index in [2.05, 4.69) is 4.98 Å². The van der Waals surface area contributed by atoms with Gasteiger partial charge in [-0.25, -0.2) is 0 Å². The highest BCUT2D eigenvalue weighted by molar-refractivity contribution is 6.08. The molecule has 0 aliphatic carbocycles. The third kappa shape index (κ3) is 2.18. The number of aryl methyl sites for hydroxylation is 2.